The Labute approximate surface area is 172 Å². The lowest BCUT2D eigenvalue weighted by Gasteiger charge is -2.18. The van der Waals surface area contributed by atoms with Gasteiger partial charge in [0.05, 0.1) is 6.17 Å². The van der Waals surface area contributed by atoms with E-state index in [0.29, 0.717) is 24.4 Å². The summed E-state index contributed by atoms with van der Waals surface area (Å²) < 4.78 is 40.4. The first-order valence-electron chi connectivity index (χ1n) is 9.66. The maximum Gasteiger partial charge on any atom is 0.280 e. The van der Waals surface area contributed by atoms with Crippen LogP contribution in [0.3, 0.4) is 0 Å². The van der Waals surface area contributed by atoms with Crippen LogP contribution in [-0.4, -0.2) is 24.6 Å². The highest BCUT2D eigenvalue weighted by atomic mass is 19.1. The van der Waals surface area contributed by atoms with Crippen LogP contribution in [0.2, 0.25) is 0 Å². The van der Waals surface area contributed by atoms with E-state index in [1.54, 1.807) is 0 Å². The molecule has 0 bridgehead atoms. The highest BCUT2D eigenvalue weighted by molar-refractivity contribution is 6.02. The molecule has 6 nitrogen and oxygen atoms in total. The fourth-order valence-electron chi connectivity index (χ4n) is 3.02. The predicted octanol–water partition coefficient (Wildman–Crippen LogP) is 3.00. The van der Waals surface area contributed by atoms with Crippen LogP contribution in [-0.2, 0) is 0 Å². The van der Waals surface area contributed by atoms with Crippen LogP contribution in [0.25, 0.3) is 0 Å². The van der Waals surface area contributed by atoms with Crippen LogP contribution in [0.15, 0.2) is 47.5 Å². The van der Waals surface area contributed by atoms with Crippen molar-refractivity contribution in [3.63, 3.8) is 0 Å². The maximum atomic E-state index is 13.5. The number of nitrogens with zero attached hydrogens (tertiary/aromatic N) is 1. The third kappa shape index (κ3) is 6.04. The van der Waals surface area contributed by atoms with Gasteiger partial charge in [-0.2, -0.15) is 4.99 Å². The second-order valence-corrected chi connectivity index (χ2v) is 7.53. The quantitative estimate of drug-likeness (QED) is 0.443. The van der Waals surface area contributed by atoms with Gasteiger partial charge in [0.15, 0.2) is 0 Å². The van der Waals surface area contributed by atoms with Gasteiger partial charge < -0.3 is 10.6 Å². The van der Waals surface area contributed by atoms with Crippen LogP contribution < -0.4 is 21.5 Å². The molecule has 0 spiro atoms. The van der Waals surface area contributed by atoms with Crippen LogP contribution in [0.1, 0.15) is 42.2 Å². The molecule has 0 saturated carbocycles. The number of halogens is 3. The van der Waals surface area contributed by atoms with Gasteiger partial charge in [-0.25, -0.2) is 24.0 Å². The minimum absolute atomic E-state index is 0.131. The van der Waals surface area contributed by atoms with E-state index in [4.69, 9.17) is 0 Å². The highest BCUT2D eigenvalue weighted by Crippen LogP contribution is 2.23. The van der Waals surface area contributed by atoms with E-state index in [1.165, 1.54) is 30.3 Å². The zero-order chi connectivity index (χ0) is 21.7. The predicted molar refractivity (Wildman–Crippen MR) is 108 cm³/mol. The Bertz CT molecular complexity index is 914. The van der Waals surface area contributed by atoms with Gasteiger partial charge in [-0.15, -0.1) is 0 Å². The molecule has 2 aromatic carbocycles. The average molecular weight is 419 g/mol. The lowest BCUT2D eigenvalue weighted by molar-refractivity contribution is 0.100. The first kappa shape index (κ1) is 21.8. The van der Waals surface area contributed by atoms with Crippen molar-refractivity contribution < 1.29 is 18.0 Å². The Morgan fingerprint density at radius 1 is 1.10 bits per heavy atom. The SMILES string of the molecule is CC(C)CN/C(=N/C(=O)c1cccc(F)c1)NC1CC(c2cc(F)cc(F)c2)NN1. The summed E-state index contributed by atoms with van der Waals surface area (Å²) in [5, 5.41) is 6.15. The molecule has 2 unspecified atom stereocenters. The number of carbonyl (C=O) groups is 1. The maximum absolute atomic E-state index is 13.5. The number of nitrogens with one attached hydrogen (secondary N) is 4. The van der Waals surface area contributed by atoms with Crippen LogP contribution in [0.5, 0.6) is 0 Å². The first-order chi connectivity index (χ1) is 14.3. The smallest absolute Gasteiger partial charge is 0.280 e. The third-order valence-electron chi connectivity index (χ3n) is 4.46. The summed E-state index contributed by atoms with van der Waals surface area (Å²) in [5.41, 5.74) is 6.56. The zero-order valence-electron chi connectivity index (χ0n) is 16.7. The average Bonchev–Trinajstić information content (AvgIpc) is 3.14. The number of carbonyl (C=O) groups excluding carboxylic acids is 1. The van der Waals surface area contributed by atoms with Crippen molar-refractivity contribution in [3.05, 3.63) is 71.0 Å². The summed E-state index contributed by atoms with van der Waals surface area (Å²) in [6.45, 7) is 4.56. The molecule has 1 aliphatic rings. The van der Waals surface area contributed by atoms with Crippen molar-refractivity contribution in [1.82, 2.24) is 21.5 Å². The van der Waals surface area contributed by atoms with Gasteiger partial charge in [-0.3, -0.25) is 4.79 Å². The molecule has 1 fully saturated rings. The molecule has 9 heteroatoms. The van der Waals surface area contributed by atoms with Gasteiger partial charge in [0.25, 0.3) is 5.91 Å². The van der Waals surface area contributed by atoms with E-state index in [9.17, 15) is 18.0 Å². The van der Waals surface area contributed by atoms with Gasteiger partial charge >= 0.3 is 0 Å². The molecule has 0 aliphatic carbocycles. The molecular weight excluding hydrogens is 395 g/mol. The summed E-state index contributed by atoms with van der Waals surface area (Å²) in [6.07, 6.45) is 0.0828. The molecule has 30 heavy (non-hydrogen) atoms. The summed E-state index contributed by atoms with van der Waals surface area (Å²) >= 11 is 0. The summed E-state index contributed by atoms with van der Waals surface area (Å²) in [6, 6.07) is 8.32. The van der Waals surface area contributed by atoms with E-state index in [1.807, 2.05) is 13.8 Å². The van der Waals surface area contributed by atoms with E-state index in [2.05, 4.69) is 26.5 Å². The fraction of sp³-hybridized carbons (Fsp3) is 0.333. The Morgan fingerprint density at radius 3 is 2.50 bits per heavy atom. The second kappa shape index (κ2) is 9.73. The van der Waals surface area contributed by atoms with Gasteiger partial charge in [-0.1, -0.05) is 19.9 Å². The number of aliphatic imine (C=N–C) groups is 1. The minimum atomic E-state index is -0.648. The van der Waals surface area contributed by atoms with Gasteiger partial charge in [0.1, 0.15) is 17.5 Å². The standard InChI is InChI=1S/C21H24F3N5O/c1-12(2)11-25-21(27-20(30)13-4-3-5-15(22)6-13)26-19-10-18(28-29-19)14-7-16(23)9-17(24)8-14/h3-9,12,18-19,28-29H,10-11H2,1-2H3,(H2,25,26,27,30). The summed E-state index contributed by atoms with van der Waals surface area (Å²) in [5.74, 6) is -1.90. The zero-order valence-corrected chi connectivity index (χ0v) is 16.7. The number of hydrazine groups is 1. The van der Waals surface area contributed by atoms with Crippen molar-refractivity contribution in [1.29, 1.82) is 0 Å². The van der Waals surface area contributed by atoms with E-state index in [-0.39, 0.29) is 23.7 Å². The lowest BCUT2D eigenvalue weighted by atomic mass is 10.0. The fourth-order valence-corrected chi connectivity index (χ4v) is 3.02. The summed E-state index contributed by atoms with van der Waals surface area (Å²) in [4.78, 5) is 16.5. The molecule has 160 valence electrons. The molecular formula is C21H24F3N5O. The van der Waals surface area contributed by atoms with Crippen LogP contribution >= 0.6 is 0 Å². The molecule has 2 atom stereocenters. The van der Waals surface area contributed by atoms with E-state index < -0.39 is 23.4 Å². The van der Waals surface area contributed by atoms with Gasteiger partial charge in [0.2, 0.25) is 5.96 Å². The van der Waals surface area contributed by atoms with Gasteiger partial charge in [-0.05, 0) is 41.8 Å². The summed E-state index contributed by atoms with van der Waals surface area (Å²) in [7, 11) is 0. The highest BCUT2D eigenvalue weighted by Gasteiger charge is 2.26. The van der Waals surface area contributed by atoms with Crippen molar-refractivity contribution >= 4 is 11.9 Å². The van der Waals surface area contributed by atoms with Crippen molar-refractivity contribution in [2.24, 2.45) is 10.9 Å². The van der Waals surface area contributed by atoms with Crippen LogP contribution in [0.4, 0.5) is 13.2 Å². The monoisotopic (exact) mass is 419 g/mol. The first-order valence-corrected chi connectivity index (χ1v) is 9.66. The molecule has 0 aromatic heterocycles. The largest absolute Gasteiger partial charge is 0.356 e. The lowest BCUT2D eigenvalue weighted by Crippen LogP contribution is -2.50. The third-order valence-corrected chi connectivity index (χ3v) is 4.46. The number of amides is 1. The second-order valence-electron chi connectivity index (χ2n) is 7.53. The van der Waals surface area contributed by atoms with Crippen LogP contribution in [0, 0.1) is 23.4 Å². The van der Waals surface area contributed by atoms with Crippen molar-refractivity contribution in [2.45, 2.75) is 32.5 Å². The molecule has 2 aromatic rings. The van der Waals surface area contributed by atoms with Crippen molar-refractivity contribution in [3.8, 4) is 0 Å². The molecule has 0 radical (unpaired) electrons. The molecule has 4 N–H and O–H groups in total. The number of hydrogen-bond acceptors (Lipinski definition) is 3. The topological polar surface area (TPSA) is 77.5 Å². The van der Waals surface area contributed by atoms with Crippen molar-refractivity contribution in [2.75, 3.05) is 6.54 Å². The van der Waals surface area contributed by atoms with Gasteiger partial charge in [0, 0.05) is 30.6 Å². The molecule has 1 amide bonds. The number of rotatable bonds is 5. The molecule has 1 aliphatic heterocycles. The number of guanidine groups is 1. The normalized spacial score (nSPS) is 19.2. The number of hydrogen-bond donors (Lipinski definition) is 4. The Hall–Kier alpha value is -2.91. The Morgan fingerprint density at radius 2 is 1.83 bits per heavy atom. The van der Waals surface area contributed by atoms with E-state index >= 15 is 0 Å². The van der Waals surface area contributed by atoms with E-state index in [0.717, 1.165) is 12.1 Å². The minimum Gasteiger partial charge on any atom is -0.356 e. The Kier molecular flexibility index (Phi) is 7.07. The molecule has 1 heterocycles. The number of benzene rings is 2. The molecule has 1 saturated heterocycles. The Balaban J connectivity index is 1.71. The molecule has 3 rings (SSSR count).